The molecule has 0 radical (unpaired) electrons. The number of aromatic nitrogens is 4. The summed E-state index contributed by atoms with van der Waals surface area (Å²) in [5, 5.41) is 7.33. The SMILES string of the molecule is CCc1[nH]cnc1C(=O)Nc1cn(C)nc1-c1ccccc1. The van der Waals surface area contributed by atoms with Gasteiger partial charge in [0, 0.05) is 24.5 Å². The van der Waals surface area contributed by atoms with Gasteiger partial charge < -0.3 is 10.3 Å². The molecule has 0 aliphatic heterocycles. The van der Waals surface area contributed by atoms with Gasteiger partial charge >= 0.3 is 0 Å². The maximum Gasteiger partial charge on any atom is 0.276 e. The Kier molecular flexibility index (Phi) is 3.74. The van der Waals surface area contributed by atoms with Gasteiger partial charge in [0.1, 0.15) is 11.4 Å². The number of nitrogens with one attached hydrogen (secondary N) is 2. The van der Waals surface area contributed by atoms with E-state index < -0.39 is 0 Å². The third-order valence-corrected chi connectivity index (χ3v) is 3.41. The Balaban J connectivity index is 1.92. The van der Waals surface area contributed by atoms with Crippen molar-refractivity contribution in [2.45, 2.75) is 13.3 Å². The summed E-state index contributed by atoms with van der Waals surface area (Å²) < 4.78 is 1.68. The molecular formula is C16H17N5O. The van der Waals surface area contributed by atoms with Crippen LogP contribution in [0.15, 0.2) is 42.9 Å². The van der Waals surface area contributed by atoms with E-state index in [4.69, 9.17) is 0 Å². The summed E-state index contributed by atoms with van der Waals surface area (Å²) in [4.78, 5) is 19.5. The zero-order valence-corrected chi connectivity index (χ0v) is 12.5. The molecule has 0 atom stereocenters. The van der Waals surface area contributed by atoms with Crippen LogP contribution in [0.3, 0.4) is 0 Å². The van der Waals surface area contributed by atoms with Gasteiger partial charge in [0.15, 0.2) is 0 Å². The first-order valence-corrected chi connectivity index (χ1v) is 7.11. The van der Waals surface area contributed by atoms with E-state index in [1.807, 2.05) is 44.3 Å². The van der Waals surface area contributed by atoms with Crippen molar-refractivity contribution in [1.82, 2.24) is 19.7 Å². The van der Waals surface area contributed by atoms with E-state index in [1.165, 1.54) is 6.33 Å². The highest BCUT2D eigenvalue weighted by Gasteiger charge is 2.17. The van der Waals surface area contributed by atoms with Crippen molar-refractivity contribution < 1.29 is 4.79 Å². The molecule has 1 amide bonds. The lowest BCUT2D eigenvalue weighted by molar-refractivity contribution is 0.102. The molecule has 0 aliphatic rings. The van der Waals surface area contributed by atoms with Crippen LogP contribution in [0.25, 0.3) is 11.3 Å². The van der Waals surface area contributed by atoms with Crippen LogP contribution in [0.2, 0.25) is 0 Å². The Hall–Kier alpha value is -2.89. The van der Waals surface area contributed by atoms with Crippen molar-refractivity contribution in [2.24, 2.45) is 7.05 Å². The second kappa shape index (κ2) is 5.85. The summed E-state index contributed by atoms with van der Waals surface area (Å²) in [6.45, 7) is 1.98. The summed E-state index contributed by atoms with van der Waals surface area (Å²) in [6.07, 6.45) is 4.05. The van der Waals surface area contributed by atoms with Crippen LogP contribution in [-0.4, -0.2) is 25.7 Å². The standard InChI is InChI=1S/C16H17N5O/c1-3-12-15(18-10-17-12)16(22)19-13-9-21(2)20-14(13)11-7-5-4-6-8-11/h4-10H,3H2,1-2H3,(H,17,18)(H,19,22). The summed E-state index contributed by atoms with van der Waals surface area (Å²) in [5.74, 6) is -0.233. The highest BCUT2D eigenvalue weighted by atomic mass is 16.1. The molecule has 3 rings (SSSR count). The number of aromatic amines is 1. The second-order valence-corrected chi connectivity index (χ2v) is 4.97. The molecular weight excluding hydrogens is 278 g/mol. The average molecular weight is 295 g/mol. The summed E-state index contributed by atoms with van der Waals surface area (Å²) in [5.41, 5.74) is 3.61. The molecule has 2 heterocycles. The normalized spacial score (nSPS) is 10.6. The number of amides is 1. The fourth-order valence-electron chi connectivity index (χ4n) is 2.36. The molecule has 6 heteroatoms. The van der Waals surface area contributed by atoms with Gasteiger partial charge in [0.05, 0.1) is 12.0 Å². The first-order chi connectivity index (χ1) is 10.7. The van der Waals surface area contributed by atoms with E-state index in [0.717, 1.165) is 23.4 Å². The summed E-state index contributed by atoms with van der Waals surface area (Å²) in [6, 6.07) is 9.76. The molecule has 0 unspecified atom stereocenters. The van der Waals surface area contributed by atoms with E-state index in [1.54, 1.807) is 10.9 Å². The van der Waals surface area contributed by atoms with Gasteiger partial charge in [0.25, 0.3) is 5.91 Å². The predicted octanol–water partition coefficient (Wildman–Crippen LogP) is 2.62. The van der Waals surface area contributed by atoms with Crippen molar-refractivity contribution in [2.75, 3.05) is 5.32 Å². The number of carbonyl (C=O) groups is 1. The van der Waals surface area contributed by atoms with Crippen molar-refractivity contribution in [3.8, 4) is 11.3 Å². The Morgan fingerprint density at radius 3 is 2.82 bits per heavy atom. The first kappa shape index (κ1) is 14.1. The highest BCUT2D eigenvalue weighted by Crippen LogP contribution is 2.26. The number of benzene rings is 1. The number of carbonyl (C=O) groups excluding carboxylic acids is 1. The van der Waals surface area contributed by atoms with E-state index in [9.17, 15) is 4.79 Å². The first-order valence-electron chi connectivity index (χ1n) is 7.11. The van der Waals surface area contributed by atoms with Crippen LogP contribution in [0.1, 0.15) is 23.1 Å². The topological polar surface area (TPSA) is 75.6 Å². The van der Waals surface area contributed by atoms with E-state index in [0.29, 0.717) is 11.4 Å². The van der Waals surface area contributed by atoms with Gasteiger partial charge in [0.2, 0.25) is 0 Å². The van der Waals surface area contributed by atoms with Gasteiger partial charge in [-0.3, -0.25) is 9.48 Å². The number of hydrogen-bond donors (Lipinski definition) is 2. The van der Waals surface area contributed by atoms with Gasteiger partial charge in [-0.25, -0.2) is 4.98 Å². The molecule has 0 saturated carbocycles. The van der Waals surface area contributed by atoms with Gasteiger partial charge in [-0.2, -0.15) is 5.10 Å². The third kappa shape index (κ3) is 2.63. The summed E-state index contributed by atoms with van der Waals surface area (Å²) in [7, 11) is 1.83. The average Bonchev–Trinajstić information content (AvgIpc) is 3.14. The number of H-pyrrole nitrogens is 1. The fraction of sp³-hybridized carbons (Fsp3) is 0.188. The maximum atomic E-state index is 12.4. The van der Waals surface area contributed by atoms with Crippen LogP contribution in [0.4, 0.5) is 5.69 Å². The quantitative estimate of drug-likeness (QED) is 0.777. The predicted molar refractivity (Wildman–Crippen MR) is 84.6 cm³/mol. The molecule has 0 spiro atoms. The number of aryl methyl sites for hydroxylation is 2. The lowest BCUT2D eigenvalue weighted by Crippen LogP contribution is -2.14. The van der Waals surface area contributed by atoms with Crippen LogP contribution < -0.4 is 5.32 Å². The lowest BCUT2D eigenvalue weighted by atomic mass is 10.1. The number of anilines is 1. The number of imidazole rings is 1. The lowest BCUT2D eigenvalue weighted by Gasteiger charge is -2.05. The third-order valence-electron chi connectivity index (χ3n) is 3.41. The molecule has 0 fully saturated rings. The molecule has 3 aromatic rings. The minimum atomic E-state index is -0.233. The van der Waals surface area contributed by atoms with E-state index >= 15 is 0 Å². The highest BCUT2D eigenvalue weighted by molar-refractivity contribution is 6.05. The Bertz CT molecular complexity index is 788. The monoisotopic (exact) mass is 295 g/mol. The molecule has 22 heavy (non-hydrogen) atoms. The van der Waals surface area contributed by atoms with Crippen LogP contribution >= 0.6 is 0 Å². The van der Waals surface area contributed by atoms with Gasteiger partial charge in [-0.15, -0.1) is 0 Å². The van der Waals surface area contributed by atoms with Gasteiger partial charge in [-0.1, -0.05) is 37.3 Å². The fourth-order valence-corrected chi connectivity index (χ4v) is 2.36. The minimum Gasteiger partial charge on any atom is -0.348 e. The van der Waals surface area contributed by atoms with Crippen LogP contribution in [0, 0.1) is 0 Å². The number of hydrogen-bond acceptors (Lipinski definition) is 3. The van der Waals surface area contributed by atoms with Crippen LogP contribution in [0.5, 0.6) is 0 Å². The van der Waals surface area contributed by atoms with Gasteiger partial charge in [-0.05, 0) is 6.42 Å². The molecule has 6 nitrogen and oxygen atoms in total. The number of rotatable bonds is 4. The Morgan fingerprint density at radius 1 is 1.32 bits per heavy atom. The summed E-state index contributed by atoms with van der Waals surface area (Å²) >= 11 is 0. The Morgan fingerprint density at radius 2 is 2.09 bits per heavy atom. The molecule has 0 saturated heterocycles. The zero-order chi connectivity index (χ0) is 15.5. The molecule has 2 aromatic heterocycles. The number of nitrogens with zero attached hydrogens (tertiary/aromatic N) is 3. The van der Waals surface area contributed by atoms with Crippen LogP contribution in [-0.2, 0) is 13.5 Å². The molecule has 0 bridgehead atoms. The maximum absolute atomic E-state index is 12.4. The molecule has 112 valence electrons. The second-order valence-electron chi connectivity index (χ2n) is 4.97. The van der Waals surface area contributed by atoms with Crippen molar-refractivity contribution in [1.29, 1.82) is 0 Å². The molecule has 2 N–H and O–H groups in total. The van der Waals surface area contributed by atoms with Crippen molar-refractivity contribution >= 4 is 11.6 Å². The molecule has 0 aliphatic carbocycles. The largest absolute Gasteiger partial charge is 0.348 e. The van der Waals surface area contributed by atoms with E-state index in [-0.39, 0.29) is 5.91 Å². The van der Waals surface area contributed by atoms with Crippen molar-refractivity contribution in [3.05, 3.63) is 54.2 Å². The zero-order valence-electron chi connectivity index (χ0n) is 12.5. The Labute approximate surface area is 128 Å². The van der Waals surface area contributed by atoms with E-state index in [2.05, 4.69) is 20.4 Å². The van der Waals surface area contributed by atoms with Crippen molar-refractivity contribution in [3.63, 3.8) is 0 Å². The smallest absolute Gasteiger partial charge is 0.276 e. The molecule has 1 aromatic carbocycles. The minimum absolute atomic E-state index is 0.233.